The van der Waals surface area contributed by atoms with Crippen molar-refractivity contribution in [2.75, 3.05) is 0 Å². The molecule has 0 saturated carbocycles. The molecule has 0 amide bonds. The molecule has 1 aromatic carbocycles. The van der Waals surface area contributed by atoms with Crippen LogP contribution in [0.15, 0.2) is 30.5 Å². The fourth-order valence-corrected chi connectivity index (χ4v) is 2.14. The van der Waals surface area contributed by atoms with E-state index in [1.807, 2.05) is 6.92 Å². The number of ether oxygens (including phenoxy) is 1. The number of carbonyl (C=O) groups excluding carboxylic acids is 1. The molecule has 0 aliphatic carbocycles. The Bertz CT molecular complexity index is 440. The van der Waals surface area contributed by atoms with Crippen LogP contribution in [0.25, 0.3) is 0 Å². The van der Waals surface area contributed by atoms with Crippen molar-refractivity contribution < 1.29 is 9.53 Å². The van der Waals surface area contributed by atoms with Crippen LogP contribution in [0.1, 0.15) is 30.0 Å². The molecule has 0 N–H and O–H groups in total. The smallest absolute Gasteiger partial charge is 0.163 e. The van der Waals surface area contributed by atoms with Crippen LogP contribution in [0, 0.1) is 13.8 Å². The van der Waals surface area contributed by atoms with Crippen LogP contribution in [-0.4, -0.2) is 5.78 Å². The first kappa shape index (κ1) is 10.9. The first-order valence-corrected chi connectivity index (χ1v) is 5.46. The summed E-state index contributed by atoms with van der Waals surface area (Å²) in [6.07, 6.45) is 3.40. The number of hydrogen-bond donors (Lipinski definition) is 0. The zero-order valence-corrected chi connectivity index (χ0v) is 9.91. The Labute approximate surface area is 95.9 Å². The quantitative estimate of drug-likeness (QED) is 0.721. The molecule has 0 saturated heterocycles. The highest BCUT2D eigenvalue weighted by Gasteiger charge is 2.32. The van der Waals surface area contributed by atoms with Gasteiger partial charge in [0, 0.05) is 6.08 Å². The summed E-state index contributed by atoms with van der Waals surface area (Å²) in [5.74, 6) is 0.118. The van der Waals surface area contributed by atoms with E-state index in [-0.39, 0.29) is 5.78 Å². The third-order valence-electron chi connectivity index (χ3n) is 2.93. The Morgan fingerprint density at radius 2 is 1.81 bits per heavy atom. The standard InChI is InChI=1S/C14H16O2/c1-10-6-11(2)8-12(7-10)14(3)9-13(15)4-5-16-14/h4-8H,9H2,1-3H3. The number of benzene rings is 1. The van der Waals surface area contributed by atoms with Crippen molar-refractivity contribution in [3.05, 3.63) is 47.2 Å². The third-order valence-corrected chi connectivity index (χ3v) is 2.93. The molecule has 0 fully saturated rings. The molecule has 2 nitrogen and oxygen atoms in total. The summed E-state index contributed by atoms with van der Waals surface area (Å²) in [6, 6.07) is 6.28. The van der Waals surface area contributed by atoms with Gasteiger partial charge < -0.3 is 4.74 Å². The highest BCUT2D eigenvalue weighted by molar-refractivity contribution is 5.91. The lowest BCUT2D eigenvalue weighted by Crippen LogP contribution is -2.29. The third kappa shape index (κ3) is 2.01. The van der Waals surface area contributed by atoms with Crippen LogP contribution in [0.3, 0.4) is 0 Å². The average Bonchev–Trinajstić information content (AvgIpc) is 2.15. The molecule has 0 spiro atoms. The summed E-state index contributed by atoms with van der Waals surface area (Å²) in [7, 11) is 0. The lowest BCUT2D eigenvalue weighted by molar-refractivity contribution is -0.122. The van der Waals surface area contributed by atoms with E-state index >= 15 is 0 Å². The molecule has 16 heavy (non-hydrogen) atoms. The van der Waals surface area contributed by atoms with E-state index in [2.05, 4.69) is 32.0 Å². The predicted octanol–water partition coefficient (Wildman–Crippen LogP) is 3.02. The van der Waals surface area contributed by atoms with E-state index in [9.17, 15) is 4.79 Å². The van der Waals surface area contributed by atoms with Crippen molar-refractivity contribution in [2.45, 2.75) is 32.8 Å². The van der Waals surface area contributed by atoms with Gasteiger partial charge in [0.1, 0.15) is 5.60 Å². The lowest BCUT2D eigenvalue weighted by atomic mass is 9.87. The Balaban J connectivity index is 2.43. The van der Waals surface area contributed by atoms with Gasteiger partial charge in [0.2, 0.25) is 0 Å². The highest BCUT2D eigenvalue weighted by atomic mass is 16.5. The summed E-state index contributed by atoms with van der Waals surface area (Å²) in [5.41, 5.74) is 2.95. The van der Waals surface area contributed by atoms with E-state index in [0.29, 0.717) is 6.42 Å². The second-order valence-corrected chi connectivity index (χ2v) is 4.67. The predicted molar refractivity (Wildman–Crippen MR) is 63.1 cm³/mol. The molecule has 1 aromatic rings. The van der Waals surface area contributed by atoms with Crippen LogP contribution >= 0.6 is 0 Å². The summed E-state index contributed by atoms with van der Waals surface area (Å²) in [4.78, 5) is 11.5. The van der Waals surface area contributed by atoms with Crippen molar-refractivity contribution in [3.63, 3.8) is 0 Å². The van der Waals surface area contributed by atoms with Crippen molar-refractivity contribution >= 4 is 5.78 Å². The van der Waals surface area contributed by atoms with Gasteiger partial charge in [0.05, 0.1) is 12.7 Å². The molecule has 84 valence electrons. The van der Waals surface area contributed by atoms with Gasteiger partial charge in [-0.15, -0.1) is 0 Å². The fourth-order valence-electron chi connectivity index (χ4n) is 2.14. The number of ketones is 1. The lowest BCUT2D eigenvalue weighted by Gasteiger charge is -2.31. The zero-order valence-electron chi connectivity index (χ0n) is 9.91. The summed E-state index contributed by atoms with van der Waals surface area (Å²) < 4.78 is 5.63. The maximum absolute atomic E-state index is 11.5. The molecule has 0 aromatic heterocycles. The normalized spacial score (nSPS) is 24.3. The first-order valence-electron chi connectivity index (χ1n) is 5.46. The molecule has 2 rings (SSSR count). The number of hydrogen-bond acceptors (Lipinski definition) is 2. The summed E-state index contributed by atoms with van der Waals surface area (Å²) in [5, 5.41) is 0. The maximum atomic E-state index is 11.5. The topological polar surface area (TPSA) is 26.3 Å². The van der Waals surface area contributed by atoms with E-state index in [0.717, 1.165) is 5.56 Å². The van der Waals surface area contributed by atoms with Gasteiger partial charge in [-0.1, -0.05) is 29.3 Å². The minimum atomic E-state index is -0.511. The van der Waals surface area contributed by atoms with Crippen LogP contribution in [-0.2, 0) is 15.1 Å². The highest BCUT2D eigenvalue weighted by Crippen LogP contribution is 2.33. The van der Waals surface area contributed by atoms with Gasteiger partial charge in [-0.05, 0) is 26.3 Å². The number of carbonyl (C=O) groups is 1. The maximum Gasteiger partial charge on any atom is 0.163 e. The van der Waals surface area contributed by atoms with Crippen LogP contribution in [0.2, 0.25) is 0 Å². The Morgan fingerprint density at radius 1 is 1.19 bits per heavy atom. The zero-order chi connectivity index (χ0) is 11.8. The molecule has 1 aliphatic rings. The number of allylic oxidation sites excluding steroid dienone is 1. The van der Waals surface area contributed by atoms with Crippen LogP contribution in [0.4, 0.5) is 0 Å². The monoisotopic (exact) mass is 216 g/mol. The molecular weight excluding hydrogens is 200 g/mol. The van der Waals surface area contributed by atoms with Gasteiger partial charge >= 0.3 is 0 Å². The van der Waals surface area contributed by atoms with Gasteiger partial charge in [-0.3, -0.25) is 4.79 Å². The van der Waals surface area contributed by atoms with Crippen molar-refractivity contribution in [1.29, 1.82) is 0 Å². The summed E-state index contributed by atoms with van der Waals surface area (Å²) >= 11 is 0. The molecule has 2 heteroatoms. The average molecular weight is 216 g/mol. The molecule has 1 unspecified atom stereocenters. The van der Waals surface area contributed by atoms with Crippen LogP contribution < -0.4 is 0 Å². The largest absolute Gasteiger partial charge is 0.490 e. The van der Waals surface area contributed by atoms with E-state index in [1.54, 1.807) is 0 Å². The van der Waals surface area contributed by atoms with Gasteiger partial charge in [-0.25, -0.2) is 0 Å². The van der Waals surface area contributed by atoms with Gasteiger partial charge in [-0.2, -0.15) is 0 Å². The van der Waals surface area contributed by atoms with E-state index in [1.165, 1.54) is 23.5 Å². The number of aryl methyl sites for hydroxylation is 2. The molecule has 1 atom stereocenters. The van der Waals surface area contributed by atoms with Crippen molar-refractivity contribution in [1.82, 2.24) is 0 Å². The molecule has 0 radical (unpaired) electrons. The second kappa shape index (κ2) is 3.78. The molecule has 1 heterocycles. The Morgan fingerprint density at radius 3 is 2.38 bits per heavy atom. The van der Waals surface area contributed by atoms with Gasteiger partial charge in [0.15, 0.2) is 5.78 Å². The Kier molecular flexibility index (Phi) is 2.58. The minimum absolute atomic E-state index is 0.118. The van der Waals surface area contributed by atoms with E-state index in [4.69, 9.17) is 4.74 Å². The Hall–Kier alpha value is -1.57. The van der Waals surface area contributed by atoms with Gasteiger partial charge in [0.25, 0.3) is 0 Å². The summed E-state index contributed by atoms with van der Waals surface area (Å²) in [6.45, 7) is 6.07. The van der Waals surface area contributed by atoms with Crippen molar-refractivity contribution in [2.24, 2.45) is 0 Å². The first-order chi connectivity index (χ1) is 7.49. The molecular formula is C14H16O2. The number of rotatable bonds is 1. The van der Waals surface area contributed by atoms with E-state index < -0.39 is 5.60 Å². The fraction of sp³-hybridized carbons (Fsp3) is 0.357. The minimum Gasteiger partial charge on any atom is -0.490 e. The molecule has 0 bridgehead atoms. The van der Waals surface area contributed by atoms with Crippen LogP contribution in [0.5, 0.6) is 0 Å². The SMILES string of the molecule is Cc1cc(C)cc(C2(C)CC(=O)C=CO2)c1. The molecule has 1 aliphatic heterocycles. The second-order valence-electron chi connectivity index (χ2n) is 4.67. The van der Waals surface area contributed by atoms with Crippen molar-refractivity contribution in [3.8, 4) is 0 Å².